The third kappa shape index (κ3) is 4.02. The molecule has 2 N–H and O–H groups in total. The van der Waals surface area contributed by atoms with Crippen molar-refractivity contribution in [3.05, 3.63) is 16.0 Å². The lowest BCUT2D eigenvalue weighted by molar-refractivity contribution is -0.902. The highest BCUT2D eigenvalue weighted by molar-refractivity contribution is 7.80. The first-order valence-electron chi connectivity index (χ1n) is 8.11. The number of hydrogen-bond acceptors (Lipinski definition) is 4. The Hall–Kier alpha value is -1.18. The first kappa shape index (κ1) is 18.2. The molecule has 7 heteroatoms. The fraction of sp³-hybridized carbons (Fsp3) is 0.625. The van der Waals surface area contributed by atoms with Crippen molar-refractivity contribution < 1.29 is 14.4 Å². The van der Waals surface area contributed by atoms with Crippen molar-refractivity contribution in [2.24, 2.45) is 0 Å². The van der Waals surface area contributed by atoms with Gasteiger partial charge in [0.15, 0.2) is 5.11 Å². The number of anilines is 1. The van der Waals surface area contributed by atoms with Gasteiger partial charge in [-0.05, 0) is 38.0 Å². The molecule has 23 heavy (non-hydrogen) atoms. The molecule has 0 amide bonds. The first-order chi connectivity index (χ1) is 11.0. The number of carbonyl (C=O) groups excluding carboxylic acids is 1. The number of thiocarbonyl (C=S) groups is 1. The lowest BCUT2D eigenvalue weighted by Crippen LogP contribution is -3.14. The maximum atomic E-state index is 12.2. The quantitative estimate of drug-likeness (QED) is 0.629. The number of aryl methyl sites for hydroxylation is 1. The maximum Gasteiger partial charge on any atom is 0.341 e. The molecule has 0 aromatic carbocycles. The molecule has 0 aliphatic carbocycles. The van der Waals surface area contributed by atoms with Crippen LogP contribution in [-0.4, -0.2) is 55.8 Å². The average molecular weight is 357 g/mol. The Balaban J connectivity index is 2.13. The number of nitrogens with zero attached hydrogens (tertiary/aromatic N) is 1. The monoisotopic (exact) mass is 356 g/mol. The van der Waals surface area contributed by atoms with Crippen molar-refractivity contribution in [2.75, 3.05) is 45.2 Å². The van der Waals surface area contributed by atoms with Crippen LogP contribution >= 0.6 is 23.6 Å². The van der Waals surface area contributed by atoms with E-state index in [-0.39, 0.29) is 5.97 Å². The van der Waals surface area contributed by atoms with Crippen LogP contribution in [0.3, 0.4) is 0 Å². The molecule has 1 aliphatic heterocycles. The molecule has 0 spiro atoms. The lowest BCUT2D eigenvalue weighted by atomic mass is 10.1. The van der Waals surface area contributed by atoms with Crippen LogP contribution < -0.4 is 10.2 Å². The standard InChI is InChI=1S/C16H25N3O2S2/c1-5-12-11(3)23-14(13(12)15(20)21-4)17-16(22)19-9-7-18(6-2)8-10-19/h5-10H2,1-4H3,(H,17,22)/p+1. The Morgan fingerprint density at radius 2 is 2.04 bits per heavy atom. The number of thiophene rings is 1. The van der Waals surface area contributed by atoms with Gasteiger partial charge in [0.25, 0.3) is 0 Å². The van der Waals surface area contributed by atoms with Crippen LogP contribution in [0, 0.1) is 6.92 Å². The smallest absolute Gasteiger partial charge is 0.341 e. The van der Waals surface area contributed by atoms with Crippen molar-refractivity contribution in [3.8, 4) is 0 Å². The molecule has 2 heterocycles. The van der Waals surface area contributed by atoms with Crippen molar-refractivity contribution in [1.82, 2.24) is 4.90 Å². The number of likely N-dealkylation sites (N-methyl/N-ethyl adjacent to an activating group) is 1. The molecule has 1 aliphatic rings. The van der Waals surface area contributed by atoms with E-state index in [2.05, 4.69) is 24.1 Å². The number of piperazine rings is 1. The molecular formula is C16H26N3O2S2+. The zero-order chi connectivity index (χ0) is 17.0. The number of esters is 1. The van der Waals surface area contributed by atoms with E-state index in [1.807, 2.05) is 6.92 Å². The number of nitrogens with one attached hydrogen (secondary N) is 2. The fourth-order valence-corrected chi connectivity index (χ4v) is 4.45. The molecule has 0 atom stereocenters. The molecule has 1 fully saturated rings. The largest absolute Gasteiger partial charge is 0.465 e. The fourth-order valence-electron chi connectivity index (χ4n) is 2.97. The van der Waals surface area contributed by atoms with Crippen LogP contribution in [-0.2, 0) is 11.2 Å². The average Bonchev–Trinajstić information content (AvgIpc) is 2.89. The summed E-state index contributed by atoms with van der Waals surface area (Å²) in [5, 5.41) is 4.80. The highest BCUT2D eigenvalue weighted by Crippen LogP contribution is 2.34. The van der Waals surface area contributed by atoms with Crippen LogP contribution in [0.2, 0.25) is 0 Å². The first-order valence-corrected chi connectivity index (χ1v) is 9.34. The number of quaternary nitrogens is 1. The summed E-state index contributed by atoms with van der Waals surface area (Å²) < 4.78 is 4.96. The minimum atomic E-state index is -0.295. The summed E-state index contributed by atoms with van der Waals surface area (Å²) in [5.74, 6) is -0.295. The van der Waals surface area contributed by atoms with Crippen LogP contribution in [0.5, 0.6) is 0 Å². The van der Waals surface area contributed by atoms with Gasteiger partial charge in [0, 0.05) is 4.88 Å². The molecule has 1 saturated heterocycles. The molecule has 1 aromatic heterocycles. The van der Waals surface area contributed by atoms with Gasteiger partial charge in [-0.2, -0.15) is 0 Å². The number of methoxy groups -OCH3 is 1. The van der Waals surface area contributed by atoms with E-state index in [9.17, 15) is 4.79 Å². The third-order valence-corrected chi connectivity index (χ3v) is 5.85. The summed E-state index contributed by atoms with van der Waals surface area (Å²) in [6.45, 7) is 11.6. The van der Waals surface area contributed by atoms with Crippen molar-refractivity contribution >= 4 is 39.6 Å². The lowest BCUT2D eigenvalue weighted by Gasteiger charge is -2.33. The van der Waals surface area contributed by atoms with Gasteiger partial charge in [0.1, 0.15) is 5.00 Å². The molecule has 0 unspecified atom stereocenters. The molecular weight excluding hydrogens is 330 g/mol. The summed E-state index contributed by atoms with van der Waals surface area (Å²) in [5.41, 5.74) is 1.69. The van der Waals surface area contributed by atoms with Crippen LogP contribution in [0.4, 0.5) is 5.00 Å². The SMILES string of the molecule is CCc1c(C)sc(NC(=S)N2CC[NH+](CC)CC2)c1C(=O)OC. The van der Waals surface area contributed by atoms with Crippen molar-refractivity contribution in [1.29, 1.82) is 0 Å². The van der Waals surface area contributed by atoms with Crippen molar-refractivity contribution in [2.45, 2.75) is 27.2 Å². The molecule has 0 radical (unpaired) electrons. The van der Waals surface area contributed by atoms with E-state index in [0.717, 1.165) is 54.6 Å². The van der Waals surface area contributed by atoms with Gasteiger partial charge in [-0.3, -0.25) is 0 Å². The van der Waals surface area contributed by atoms with Gasteiger partial charge >= 0.3 is 5.97 Å². The number of rotatable bonds is 4. The van der Waals surface area contributed by atoms with E-state index in [1.165, 1.54) is 7.11 Å². The van der Waals surface area contributed by atoms with Gasteiger partial charge in [0.2, 0.25) is 0 Å². The zero-order valence-electron chi connectivity index (χ0n) is 14.3. The van der Waals surface area contributed by atoms with E-state index in [4.69, 9.17) is 17.0 Å². The summed E-state index contributed by atoms with van der Waals surface area (Å²) in [6, 6.07) is 0. The highest BCUT2D eigenvalue weighted by atomic mass is 32.1. The Bertz CT molecular complexity index is 578. The minimum absolute atomic E-state index is 0.295. The normalized spacial score (nSPS) is 15.6. The zero-order valence-corrected chi connectivity index (χ0v) is 16.0. The van der Waals surface area contributed by atoms with Gasteiger partial charge in [-0.15, -0.1) is 11.3 Å². The van der Waals surface area contributed by atoms with E-state index < -0.39 is 0 Å². The van der Waals surface area contributed by atoms with Gasteiger partial charge in [-0.25, -0.2) is 4.79 Å². The molecule has 1 aromatic rings. The second kappa shape index (κ2) is 8.08. The molecule has 0 saturated carbocycles. The predicted molar refractivity (Wildman–Crippen MR) is 98.8 cm³/mol. The maximum absolute atomic E-state index is 12.2. The molecule has 2 rings (SSSR count). The summed E-state index contributed by atoms with van der Waals surface area (Å²) in [7, 11) is 1.42. The number of ether oxygens (including phenoxy) is 1. The van der Waals surface area contributed by atoms with Gasteiger partial charge < -0.3 is 19.9 Å². The summed E-state index contributed by atoms with van der Waals surface area (Å²) in [6.07, 6.45) is 0.805. The third-order valence-electron chi connectivity index (χ3n) is 4.43. The van der Waals surface area contributed by atoms with Crippen LogP contribution in [0.1, 0.15) is 34.6 Å². The van der Waals surface area contributed by atoms with E-state index in [1.54, 1.807) is 16.2 Å². The number of carbonyl (C=O) groups is 1. The predicted octanol–water partition coefficient (Wildman–Crippen LogP) is 1.32. The molecule has 5 nitrogen and oxygen atoms in total. The number of hydrogen-bond donors (Lipinski definition) is 2. The highest BCUT2D eigenvalue weighted by Gasteiger charge is 2.25. The summed E-state index contributed by atoms with van der Waals surface area (Å²) in [4.78, 5) is 17.1. The Labute approximate surface area is 147 Å². The second-order valence-corrected chi connectivity index (χ2v) is 7.32. The Kier molecular flexibility index (Phi) is 6.38. The van der Waals surface area contributed by atoms with Crippen LogP contribution in [0.15, 0.2) is 0 Å². The summed E-state index contributed by atoms with van der Waals surface area (Å²) >= 11 is 7.14. The van der Waals surface area contributed by atoms with E-state index >= 15 is 0 Å². The van der Waals surface area contributed by atoms with Crippen molar-refractivity contribution in [3.63, 3.8) is 0 Å². The van der Waals surface area contributed by atoms with Gasteiger partial charge in [0.05, 0.1) is 45.4 Å². The van der Waals surface area contributed by atoms with E-state index in [0.29, 0.717) is 10.7 Å². The topological polar surface area (TPSA) is 46.0 Å². The van der Waals surface area contributed by atoms with Gasteiger partial charge in [-0.1, -0.05) is 6.92 Å². The Morgan fingerprint density at radius 1 is 1.39 bits per heavy atom. The molecule has 128 valence electrons. The van der Waals surface area contributed by atoms with Crippen LogP contribution in [0.25, 0.3) is 0 Å². The Morgan fingerprint density at radius 3 is 2.57 bits per heavy atom. The second-order valence-electron chi connectivity index (χ2n) is 5.71. The minimum Gasteiger partial charge on any atom is -0.465 e. The molecule has 0 bridgehead atoms.